The molecule has 1 aliphatic heterocycles. The lowest BCUT2D eigenvalue weighted by molar-refractivity contribution is -0.187. The molecule has 0 spiro atoms. The SMILES string of the molecule is Cn1cc(C2(C(F)(F)F)CNCC2=O)cn1. The van der Waals surface area contributed by atoms with Crippen molar-refractivity contribution < 1.29 is 18.0 Å². The van der Waals surface area contributed by atoms with E-state index >= 15 is 0 Å². The number of Topliss-reactive ketones (excluding diaryl/α,β-unsaturated/α-hetero) is 1. The van der Waals surface area contributed by atoms with E-state index < -0.39 is 23.9 Å². The van der Waals surface area contributed by atoms with Crippen molar-refractivity contribution in [1.29, 1.82) is 0 Å². The Morgan fingerprint density at radius 3 is 2.62 bits per heavy atom. The summed E-state index contributed by atoms with van der Waals surface area (Å²) in [5.41, 5.74) is -2.53. The van der Waals surface area contributed by atoms with Crippen molar-refractivity contribution in [1.82, 2.24) is 15.1 Å². The average Bonchev–Trinajstić information content (AvgIpc) is 2.71. The molecule has 0 aromatic carbocycles. The van der Waals surface area contributed by atoms with Crippen molar-refractivity contribution in [2.45, 2.75) is 11.6 Å². The Balaban J connectivity index is 2.55. The van der Waals surface area contributed by atoms with Gasteiger partial charge in [-0.15, -0.1) is 0 Å². The summed E-state index contributed by atoms with van der Waals surface area (Å²) in [5.74, 6) is -0.854. The van der Waals surface area contributed by atoms with Crippen LogP contribution < -0.4 is 5.32 Å². The summed E-state index contributed by atoms with van der Waals surface area (Å²) in [7, 11) is 1.51. The van der Waals surface area contributed by atoms with Crippen LogP contribution in [0, 0.1) is 0 Å². The smallest absolute Gasteiger partial charge is 0.308 e. The highest BCUT2D eigenvalue weighted by Gasteiger charge is 2.63. The van der Waals surface area contributed by atoms with Crippen molar-refractivity contribution in [3.63, 3.8) is 0 Å². The van der Waals surface area contributed by atoms with Crippen LogP contribution >= 0.6 is 0 Å². The number of aryl methyl sites for hydroxylation is 1. The molecule has 0 aliphatic carbocycles. The zero-order valence-electron chi connectivity index (χ0n) is 8.51. The van der Waals surface area contributed by atoms with Crippen molar-refractivity contribution in [3.05, 3.63) is 18.0 Å². The number of carbonyl (C=O) groups is 1. The van der Waals surface area contributed by atoms with E-state index in [0.717, 1.165) is 6.20 Å². The van der Waals surface area contributed by atoms with Crippen LogP contribution in [0.5, 0.6) is 0 Å². The maximum Gasteiger partial charge on any atom is 0.406 e. The second kappa shape index (κ2) is 3.31. The van der Waals surface area contributed by atoms with E-state index in [4.69, 9.17) is 0 Å². The molecule has 2 heterocycles. The third kappa shape index (κ3) is 1.35. The Morgan fingerprint density at radius 2 is 2.25 bits per heavy atom. The molecule has 1 aromatic rings. The molecule has 7 heteroatoms. The summed E-state index contributed by atoms with van der Waals surface area (Å²) >= 11 is 0. The van der Waals surface area contributed by atoms with Crippen molar-refractivity contribution >= 4 is 5.78 Å². The first-order valence-electron chi connectivity index (χ1n) is 4.68. The van der Waals surface area contributed by atoms with Crippen molar-refractivity contribution in [3.8, 4) is 0 Å². The highest BCUT2D eigenvalue weighted by atomic mass is 19.4. The Hall–Kier alpha value is -1.37. The van der Waals surface area contributed by atoms with Gasteiger partial charge in [-0.1, -0.05) is 0 Å². The number of nitrogens with one attached hydrogen (secondary N) is 1. The standard InChI is InChI=1S/C9H10F3N3O/c1-15-4-6(2-14-15)8(9(10,11)12)5-13-3-7(8)16/h2,4,13H,3,5H2,1H3. The molecule has 0 amide bonds. The fourth-order valence-corrected chi connectivity index (χ4v) is 1.94. The molecule has 1 N–H and O–H groups in total. The van der Waals surface area contributed by atoms with Crippen molar-refractivity contribution in [2.75, 3.05) is 13.1 Å². The second-order valence-electron chi connectivity index (χ2n) is 3.83. The molecule has 0 bridgehead atoms. The third-order valence-corrected chi connectivity index (χ3v) is 2.83. The van der Waals surface area contributed by atoms with E-state index in [2.05, 4.69) is 10.4 Å². The number of halogens is 3. The second-order valence-corrected chi connectivity index (χ2v) is 3.83. The van der Waals surface area contributed by atoms with Gasteiger partial charge in [-0.3, -0.25) is 9.48 Å². The van der Waals surface area contributed by atoms with E-state index in [1.54, 1.807) is 0 Å². The molecule has 1 fully saturated rings. The summed E-state index contributed by atoms with van der Waals surface area (Å²) in [5, 5.41) is 6.16. The van der Waals surface area contributed by atoms with Gasteiger partial charge in [-0.05, 0) is 0 Å². The highest BCUT2D eigenvalue weighted by Crippen LogP contribution is 2.43. The molecule has 0 radical (unpaired) electrons. The van der Waals surface area contributed by atoms with E-state index in [0.29, 0.717) is 0 Å². The monoisotopic (exact) mass is 233 g/mol. The van der Waals surface area contributed by atoms with Crippen LogP contribution in [-0.2, 0) is 17.3 Å². The minimum absolute atomic E-state index is 0.0995. The van der Waals surface area contributed by atoms with E-state index in [9.17, 15) is 18.0 Å². The lowest BCUT2D eigenvalue weighted by Crippen LogP contribution is -2.49. The summed E-state index contributed by atoms with van der Waals surface area (Å²) < 4.78 is 40.4. The number of ketones is 1. The van der Waals surface area contributed by atoms with Gasteiger partial charge in [-0.2, -0.15) is 18.3 Å². The molecule has 1 saturated heterocycles. The number of rotatable bonds is 1. The largest absolute Gasteiger partial charge is 0.406 e. The summed E-state index contributed by atoms with van der Waals surface area (Å²) in [4.78, 5) is 11.5. The molecule has 16 heavy (non-hydrogen) atoms. The molecular weight excluding hydrogens is 223 g/mol. The lowest BCUT2D eigenvalue weighted by atomic mass is 9.79. The van der Waals surface area contributed by atoms with Gasteiger partial charge >= 0.3 is 6.18 Å². The predicted molar refractivity (Wildman–Crippen MR) is 48.8 cm³/mol. The summed E-state index contributed by atoms with van der Waals surface area (Å²) in [6.45, 7) is -0.671. The molecular formula is C9H10F3N3O. The quantitative estimate of drug-likeness (QED) is 0.763. The predicted octanol–water partition coefficient (Wildman–Crippen LogP) is 0.392. The number of hydrogen-bond acceptors (Lipinski definition) is 3. The molecule has 88 valence electrons. The van der Waals surface area contributed by atoms with Crippen LogP contribution in [0.3, 0.4) is 0 Å². The Labute approximate surface area is 89.4 Å². The third-order valence-electron chi connectivity index (χ3n) is 2.83. The van der Waals surface area contributed by atoms with Crippen LogP contribution in [-0.4, -0.2) is 34.8 Å². The number of alkyl halides is 3. The van der Waals surface area contributed by atoms with Gasteiger partial charge in [0, 0.05) is 25.4 Å². The van der Waals surface area contributed by atoms with Gasteiger partial charge in [0.1, 0.15) is 0 Å². The molecule has 1 aromatic heterocycles. The molecule has 1 unspecified atom stereocenters. The first-order chi connectivity index (χ1) is 7.38. The normalized spacial score (nSPS) is 26.4. The zero-order chi connectivity index (χ0) is 12.0. The highest BCUT2D eigenvalue weighted by molar-refractivity contribution is 5.95. The summed E-state index contributed by atoms with van der Waals surface area (Å²) in [6.07, 6.45) is -2.27. The Kier molecular flexibility index (Phi) is 2.30. The maximum atomic E-state index is 13.1. The van der Waals surface area contributed by atoms with Gasteiger partial charge in [0.25, 0.3) is 0 Å². The van der Waals surface area contributed by atoms with Crippen LogP contribution in [0.4, 0.5) is 13.2 Å². The first-order valence-corrected chi connectivity index (χ1v) is 4.68. The molecule has 1 aliphatic rings. The fourth-order valence-electron chi connectivity index (χ4n) is 1.94. The van der Waals surface area contributed by atoms with Crippen LogP contribution in [0.25, 0.3) is 0 Å². The molecule has 2 rings (SSSR count). The van der Waals surface area contributed by atoms with Crippen LogP contribution in [0.2, 0.25) is 0 Å². The fraction of sp³-hybridized carbons (Fsp3) is 0.556. The van der Waals surface area contributed by atoms with Crippen molar-refractivity contribution in [2.24, 2.45) is 7.05 Å². The van der Waals surface area contributed by atoms with Crippen LogP contribution in [0.1, 0.15) is 5.56 Å². The van der Waals surface area contributed by atoms with E-state index in [-0.39, 0.29) is 12.1 Å². The van der Waals surface area contributed by atoms with Gasteiger partial charge in [0.05, 0.1) is 12.7 Å². The minimum atomic E-state index is -4.60. The lowest BCUT2D eigenvalue weighted by Gasteiger charge is -2.28. The topological polar surface area (TPSA) is 46.9 Å². The Bertz CT molecular complexity index is 426. The molecule has 0 saturated carbocycles. The number of nitrogens with zero attached hydrogens (tertiary/aromatic N) is 2. The van der Waals surface area contributed by atoms with Gasteiger partial charge in [-0.25, -0.2) is 0 Å². The number of aromatic nitrogens is 2. The van der Waals surface area contributed by atoms with E-state index in [1.807, 2.05) is 0 Å². The molecule has 4 nitrogen and oxygen atoms in total. The number of carbonyl (C=O) groups excluding carboxylic acids is 1. The van der Waals surface area contributed by atoms with E-state index in [1.165, 1.54) is 17.9 Å². The first kappa shape index (κ1) is 11.1. The molecule has 1 atom stereocenters. The van der Waals surface area contributed by atoms with Gasteiger partial charge in [0.15, 0.2) is 11.2 Å². The van der Waals surface area contributed by atoms with Crippen LogP contribution in [0.15, 0.2) is 12.4 Å². The maximum absolute atomic E-state index is 13.1. The Morgan fingerprint density at radius 1 is 1.56 bits per heavy atom. The number of hydrogen-bond donors (Lipinski definition) is 1. The minimum Gasteiger partial charge on any atom is -0.308 e. The zero-order valence-corrected chi connectivity index (χ0v) is 8.51. The van der Waals surface area contributed by atoms with Gasteiger partial charge < -0.3 is 5.32 Å². The average molecular weight is 233 g/mol. The van der Waals surface area contributed by atoms with Gasteiger partial charge in [0.2, 0.25) is 0 Å². The summed E-state index contributed by atoms with van der Waals surface area (Å²) in [6, 6.07) is 0.